The molecular weight excluding hydrogens is 372 g/mol. The molecule has 0 aliphatic carbocycles. The minimum absolute atomic E-state index is 0.137. The normalized spacial score (nSPS) is 15.1. The van der Waals surface area contributed by atoms with Crippen molar-refractivity contribution in [1.29, 1.82) is 0 Å². The van der Waals surface area contributed by atoms with Gasteiger partial charge in [-0.2, -0.15) is 0 Å². The van der Waals surface area contributed by atoms with Gasteiger partial charge in [0.25, 0.3) is 0 Å². The maximum Gasteiger partial charge on any atom is 0.348 e. The summed E-state index contributed by atoms with van der Waals surface area (Å²) in [5.41, 5.74) is 3.89. The highest BCUT2D eigenvalue weighted by Crippen LogP contribution is 2.34. The Balaban J connectivity index is 1.48. The van der Waals surface area contributed by atoms with Gasteiger partial charge in [-0.25, -0.2) is 4.79 Å². The molecule has 3 heteroatoms. The van der Waals surface area contributed by atoms with E-state index in [1.165, 1.54) is 0 Å². The van der Waals surface area contributed by atoms with Gasteiger partial charge < -0.3 is 9.84 Å². The molecule has 0 aromatic heterocycles. The standard InChI is InChI=1S/C27H18O3/c28-26-24(16-18-10-12-21(13-11-18)19-6-2-1-3-7-19)30-27(29)25(26)23-15-14-20-8-4-5-9-22(20)17-23/h1-17,28H/b24-16-. The van der Waals surface area contributed by atoms with E-state index in [1.807, 2.05) is 84.9 Å². The summed E-state index contributed by atoms with van der Waals surface area (Å²) < 4.78 is 5.37. The van der Waals surface area contributed by atoms with E-state index in [1.54, 1.807) is 6.08 Å². The Labute approximate surface area is 174 Å². The lowest BCUT2D eigenvalue weighted by molar-refractivity contribution is -0.131. The number of cyclic esters (lactones) is 1. The van der Waals surface area contributed by atoms with Gasteiger partial charge in [0.15, 0.2) is 11.5 Å². The van der Waals surface area contributed by atoms with Crippen molar-refractivity contribution in [2.75, 3.05) is 0 Å². The second-order valence-corrected chi connectivity index (χ2v) is 7.17. The average Bonchev–Trinajstić information content (AvgIpc) is 3.07. The summed E-state index contributed by atoms with van der Waals surface area (Å²) >= 11 is 0. The first-order chi connectivity index (χ1) is 14.7. The maximum atomic E-state index is 12.5. The summed E-state index contributed by atoms with van der Waals surface area (Å²) in [6, 6.07) is 31.5. The van der Waals surface area contributed by atoms with Crippen LogP contribution < -0.4 is 0 Å². The van der Waals surface area contributed by atoms with Crippen molar-refractivity contribution in [3.63, 3.8) is 0 Å². The largest absolute Gasteiger partial charge is 0.504 e. The molecule has 0 unspecified atom stereocenters. The van der Waals surface area contributed by atoms with Crippen LogP contribution >= 0.6 is 0 Å². The third-order valence-corrected chi connectivity index (χ3v) is 5.23. The number of aliphatic hydroxyl groups is 1. The van der Waals surface area contributed by atoms with Gasteiger partial charge >= 0.3 is 5.97 Å². The number of benzene rings is 4. The summed E-state index contributed by atoms with van der Waals surface area (Å²) in [4.78, 5) is 12.5. The van der Waals surface area contributed by atoms with Crippen LogP contribution in [0.4, 0.5) is 0 Å². The van der Waals surface area contributed by atoms with Gasteiger partial charge in [-0.15, -0.1) is 0 Å². The predicted octanol–water partition coefficient (Wildman–Crippen LogP) is 6.37. The second kappa shape index (κ2) is 7.37. The minimum Gasteiger partial charge on any atom is -0.504 e. The van der Waals surface area contributed by atoms with Crippen LogP contribution in [0.5, 0.6) is 0 Å². The summed E-state index contributed by atoms with van der Waals surface area (Å²) in [5, 5.41) is 12.8. The highest BCUT2D eigenvalue weighted by Gasteiger charge is 2.31. The number of aliphatic hydroxyl groups excluding tert-OH is 1. The van der Waals surface area contributed by atoms with E-state index in [4.69, 9.17) is 4.74 Å². The van der Waals surface area contributed by atoms with E-state index < -0.39 is 5.97 Å². The smallest absolute Gasteiger partial charge is 0.348 e. The van der Waals surface area contributed by atoms with E-state index in [2.05, 4.69) is 12.1 Å². The van der Waals surface area contributed by atoms with Gasteiger partial charge in [0.1, 0.15) is 5.57 Å². The van der Waals surface area contributed by atoms with Crippen molar-refractivity contribution in [3.8, 4) is 11.1 Å². The van der Waals surface area contributed by atoms with Crippen LogP contribution in [-0.2, 0) is 9.53 Å². The number of hydrogen-bond acceptors (Lipinski definition) is 3. The van der Waals surface area contributed by atoms with E-state index in [-0.39, 0.29) is 17.1 Å². The molecule has 1 N–H and O–H groups in total. The van der Waals surface area contributed by atoms with Gasteiger partial charge in [0, 0.05) is 0 Å². The molecule has 3 nitrogen and oxygen atoms in total. The van der Waals surface area contributed by atoms with Crippen molar-refractivity contribution in [3.05, 3.63) is 120 Å². The first-order valence-corrected chi connectivity index (χ1v) is 9.71. The van der Waals surface area contributed by atoms with Crippen molar-refractivity contribution in [2.24, 2.45) is 0 Å². The zero-order valence-electron chi connectivity index (χ0n) is 16.1. The number of hydrogen-bond donors (Lipinski definition) is 1. The molecule has 1 aliphatic rings. The molecule has 0 spiro atoms. The van der Waals surface area contributed by atoms with E-state index in [0.717, 1.165) is 27.5 Å². The fourth-order valence-electron chi connectivity index (χ4n) is 3.67. The number of rotatable bonds is 3. The SMILES string of the molecule is O=C1O/C(=C\c2ccc(-c3ccccc3)cc2)C(O)=C1c1ccc2ccccc2c1. The molecule has 0 bridgehead atoms. The number of carbonyl (C=O) groups excluding carboxylic acids is 1. The van der Waals surface area contributed by atoms with Crippen LogP contribution in [0, 0.1) is 0 Å². The molecule has 5 rings (SSSR count). The van der Waals surface area contributed by atoms with Gasteiger partial charge in [-0.1, -0.05) is 91.0 Å². The van der Waals surface area contributed by atoms with E-state index >= 15 is 0 Å². The van der Waals surface area contributed by atoms with Crippen molar-refractivity contribution in [2.45, 2.75) is 0 Å². The first-order valence-electron chi connectivity index (χ1n) is 9.71. The minimum atomic E-state index is -0.546. The van der Waals surface area contributed by atoms with Gasteiger partial charge in [-0.05, 0) is 45.2 Å². The van der Waals surface area contributed by atoms with Crippen LogP contribution in [0.1, 0.15) is 11.1 Å². The first kappa shape index (κ1) is 18.0. The predicted molar refractivity (Wildman–Crippen MR) is 119 cm³/mol. The second-order valence-electron chi connectivity index (χ2n) is 7.17. The summed E-state index contributed by atoms with van der Waals surface area (Å²) in [5.74, 6) is -0.520. The zero-order chi connectivity index (χ0) is 20.5. The van der Waals surface area contributed by atoms with Crippen LogP contribution in [0.2, 0.25) is 0 Å². The summed E-state index contributed by atoms with van der Waals surface area (Å²) in [6.45, 7) is 0. The quantitative estimate of drug-likeness (QED) is 0.413. The third-order valence-electron chi connectivity index (χ3n) is 5.23. The Kier molecular flexibility index (Phi) is 4.41. The highest BCUT2D eigenvalue weighted by molar-refractivity contribution is 6.21. The maximum absolute atomic E-state index is 12.5. The average molecular weight is 390 g/mol. The fourth-order valence-corrected chi connectivity index (χ4v) is 3.67. The van der Waals surface area contributed by atoms with Gasteiger partial charge in [0.2, 0.25) is 0 Å². The molecule has 30 heavy (non-hydrogen) atoms. The molecular formula is C27H18O3. The molecule has 4 aromatic rings. The van der Waals surface area contributed by atoms with Crippen molar-refractivity contribution >= 4 is 28.4 Å². The summed E-state index contributed by atoms with van der Waals surface area (Å²) in [7, 11) is 0. The fraction of sp³-hybridized carbons (Fsp3) is 0. The Morgan fingerprint density at radius 1 is 0.667 bits per heavy atom. The molecule has 1 aliphatic heterocycles. The molecule has 1 heterocycles. The van der Waals surface area contributed by atoms with Crippen LogP contribution in [-0.4, -0.2) is 11.1 Å². The molecule has 4 aromatic carbocycles. The Morgan fingerprint density at radius 3 is 2.07 bits per heavy atom. The topological polar surface area (TPSA) is 46.5 Å². The number of carbonyl (C=O) groups is 1. The lowest BCUT2D eigenvalue weighted by Crippen LogP contribution is -1.98. The highest BCUT2D eigenvalue weighted by atomic mass is 16.6. The van der Waals surface area contributed by atoms with Gasteiger partial charge in [-0.3, -0.25) is 0 Å². The molecule has 0 saturated heterocycles. The Morgan fingerprint density at radius 2 is 1.30 bits per heavy atom. The Bertz CT molecular complexity index is 1310. The van der Waals surface area contributed by atoms with Crippen LogP contribution in [0.15, 0.2) is 109 Å². The van der Waals surface area contributed by atoms with E-state index in [0.29, 0.717) is 5.56 Å². The van der Waals surface area contributed by atoms with Crippen LogP contribution in [0.25, 0.3) is 33.5 Å². The lowest BCUT2D eigenvalue weighted by Gasteiger charge is -2.03. The molecule has 0 saturated carbocycles. The monoisotopic (exact) mass is 390 g/mol. The Hall–Kier alpha value is -4.11. The molecule has 144 valence electrons. The molecule has 0 fully saturated rings. The molecule has 0 amide bonds. The molecule has 0 radical (unpaired) electrons. The third kappa shape index (κ3) is 3.27. The van der Waals surface area contributed by atoms with Crippen LogP contribution in [0.3, 0.4) is 0 Å². The van der Waals surface area contributed by atoms with Crippen molar-refractivity contribution in [1.82, 2.24) is 0 Å². The zero-order valence-corrected chi connectivity index (χ0v) is 16.1. The van der Waals surface area contributed by atoms with Crippen molar-refractivity contribution < 1.29 is 14.6 Å². The number of fused-ring (bicyclic) bond motifs is 1. The number of esters is 1. The summed E-state index contributed by atoms with van der Waals surface area (Å²) in [6.07, 6.45) is 1.68. The van der Waals surface area contributed by atoms with Gasteiger partial charge in [0.05, 0.1) is 0 Å². The van der Waals surface area contributed by atoms with E-state index in [9.17, 15) is 9.90 Å². The number of ether oxygens (including phenoxy) is 1. The molecule has 0 atom stereocenters. The lowest BCUT2D eigenvalue weighted by atomic mass is 10.0.